The maximum absolute atomic E-state index is 13.0. The molecule has 30 heavy (non-hydrogen) atoms. The number of imidazole rings is 1. The van der Waals surface area contributed by atoms with Gasteiger partial charge >= 0.3 is 6.18 Å². The van der Waals surface area contributed by atoms with Gasteiger partial charge in [-0.15, -0.1) is 0 Å². The lowest BCUT2D eigenvalue weighted by Gasteiger charge is -2.31. The van der Waals surface area contributed by atoms with Gasteiger partial charge in [-0.2, -0.15) is 18.3 Å². The molecule has 0 atom stereocenters. The number of alkyl halides is 3. The van der Waals surface area contributed by atoms with Crippen LogP contribution in [-0.2, 0) is 6.18 Å². The van der Waals surface area contributed by atoms with Crippen molar-refractivity contribution in [3.8, 4) is 5.88 Å². The van der Waals surface area contributed by atoms with Crippen molar-refractivity contribution in [2.45, 2.75) is 43.9 Å². The van der Waals surface area contributed by atoms with Gasteiger partial charge in [-0.3, -0.25) is 4.40 Å². The van der Waals surface area contributed by atoms with Crippen molar-refractivity contribution in [3.63, 3.8) is 0 Å². The molecule has 10 heteroatoms. The van der Waals surface area contributed by atoms with Crippen LogP contribution in [0.25, 0.3) is 11.3 Å². The molecule has 7 nitrogen and oxygen atoms in total. The highest BCUT2D eigenvalue weighted by Crippen LogP contribution is 2.30. The molecule has 3 N–H and O–H groups in total. The highest BCUT2D eigenvalue weighted by molar-refractivity contribution is 5.65. The Morgan fingerprint density at radius 2 is 1.97 bits per heavy atom. The lowest BCUT2D eigenvalue weighted by atomic mass is 9.91. The van der Waals surface area contributed by atoms with E-state index in [-0.39, 0.29) is 17.7 Å². The number of ether oxygens (including phenoxy) is 1. The fraction of sp³-hybridized carbons (Fsp3) is 0.400. The monoisotopic (exact) mass is 420 g/mol. The quantitative estimate of drug-likeness (QED) is 0.560. The molecular weight excluding hydrogens is 397 g/mol. The summed E-state index contributed by atoms with van der Waals surface area (Å²) in [6.45, 7) is 4.07. The molecule has 0 saturated heterocycles. The van der Waals surface area contributed by atoms with E-state index in [9.17, 15) is 13.2 Å². The molecule has 0 radical (unpaired) electrons. The van der Waals surface area contributed by atoms with Gasteiger partial charge in [-0.1, -0.05) is 12.6 Å². The largest absolute Gasteiger partial charge is 0.481 e. The first kappa shape index (κ1) is 20.1. The molecule has 1 fully saturated rings. The molecule has 3 aromatic heterocycles. The number of fused-ring (bicyclic) bond motifs is 1. The minimum atomic E-state index is -4.47. The Labute approximate surface area is 171 Å². The first-order valence-corrected chi connectivity index (χ1v) is 9.70. The Morgan fingerprint density at radius 1 is 1.23 bits per heavy atom. The highest BCUT2D eigenvalue weighted by atomic mass is 19.4. The number of anilines is 1. The summed E-state index contributed by atoms with van der Waals surface area (Å²) >= 11 is 0. The molecule has 0 aliphatic heterocycles. The molecule has 0 spiro atoms. The lowest BCUT2D eigenvalue weighted by molar-refractivity contribution is -0.140. The summed E-state index contributed by atoms with van der Waals surface area (Å²) in [5.41, 5.74) is 0.927. The normalized spacial score (nSPS) is 19.6. The fourth-order valence-corrected chi connectivity index (χ4v) is 3.83. The number of methoxy groups -OCH3 is 1. The van der Waals surface area contributed by atoms with E-state index in [1.165, 1.54) is 4.40 Å². The summed E-state index contributed by atoms with van der Waals surface area (Å²) in [6, 6.07) is 5.47. The minimum Gasteiger partial charge on any atom is -0.481 e. The van der Waals surface area contributed by atoms with E-state index < -0.39 is 11.9 Å². The number of hydrogen-bond acceptors (Lipinski definition) is 5. The Hall–Kier alpha value is -3.17. The van der Waals surface area contributed by atoms with Crippen molar-refractivity contribution in [1.29, 1.82) is 0 Å². The van der Waals surface area contributed by atoms with Crippen LogP contribution in [-0.4, -0.2) is 38.8 Å². The van der Waals surface area contributed by atoms with E-state index in [0.717, 1.165) is 43.1 Å². The van der Waals surface area contributed by atoms with Crippen molar-refractivity contribution in [2.24, 2.45) is 0 Å². The number of hydrogen-bond donors (Lipinski definition) is 3. The summed E-state index contributed by atoms with van der Waals surface area (Å²) < 4.78 is 45.7. The number of aromatic amines is 1. The van der Waals surface area contributed by atoms with Crippen molar-refractivity contribution in [3.05, 3.63) is 48.4 Å². The number of H-pyrrole nitrogens is 1. The first-order chi connectivity index (χ1) is 14.3. The highest BCUT2D eigenvalue weighted by Gasteiger charge is 2.34. The standard InChI is InChI=1S/C20H23F3N6O/c1-12(15-10-24-28-19(15)30-2)25-13-6-8-14(9-7-13)26-17-4-3-5-18-27-16(11-29(17)18)20(21,22)23/h3-5,10-11,13-14,25-26H,1,6-9H2,2H3,(H,24,28). The van der Waals surface area contributed by atoms with Crippen molar-refractivity contribution >= 4 is 17.2 Å². The molecule has 160 valence electrons. The van der Waals surface area contributed by atoms with Crippen LogP contribution < -0.4 is 15.4 Å². The van der Waals surface area contributed by atoms with Gasteiger partial charge in [0.25, 0.3) is 0 Å². The van der Waals surface area contributed by atoms with Crippen LogP contribution in [0.1, 0.15) is 36.9 Å². The Balaban J connectivity index is 1.37. The molecule has 0 aromatic carbocycles. The van der Waals surface area contributed by atoms with E-state index in [4.69, 9.17) is 4.74 Å². The van der Waals surface area contributed by atoms with Crippen molar-refractivity contribution in [1.82, 2.24) is 24.9 Å². The van der Waals surface area contributed by atoms with E-state index in [1.54, 1.807) is 31.5 Å². The summed E-state index contributed by atoms with van der Waals surface area (Å²) in [4.78, 5) is 3.68. The summed E-state index contributed by atoms with van der Waals surface area (Å²) in [5, 5.41) is 13.5. The number of rotatable bonds is 6. The van der Waals surface area contributed by atoms with Crippen LogP contribution >= 0.6 is 0 Å². The van der Waals surface area contributed by atoms with Crippen LogP contribution in [0.2, 0.25) is 0 Å². The molecule has 1 aliphatic carbocycles. The van der Waals surface area contributed by atoms with Crippen LogP contribution in [0.3, 0.4) is 0 Å². The van der Waals surface area contributed by atoms with Gasteiger partial charge in [-0.05, 0) is 37.8 Å². The SMILES string of the molecule is C=C(NC1CCC(Nc2cccc3nc(C(F)(F)F)cn23)CC1)c1cn[nH]c1OC. The van der Waals surface area contributed by atoms with Crippen molar-refractivity contribution in [2.75, 3.05) is 12.4 Å². The van der Waals surface area contributed by atoms with Crippen LogP contribution in [0.15, 0.2) is 37.2 Å². The average molecular weight is 420 g/mol. The summed E-state index contributed by atoms with van der Waals surface area (Å²) in [7, 11) is 1.57. The predicted molar refractivity (Wildman–Crippen MR) is 107 cm³/mol. The summed E-state index contributed by atoms with van der Waals surface area (Å²) in [5.74, 6) is 1.17. The molecule has 0 unspecified atom stereocenters. The average Bonchev–Trinajstić information content (AvgIpc) is 3.36. The van der Waals surface area contributed by atoms with Crippen LogP contribution in [0, 0.1) is 0 Å². The molecule has 0 amide bonds. The third kappa shape index (κ3) is 4.07. The Morgan fingerprint density at radius 3 is 2.67 bits per heavy atom. The second-order valence-electron chi connectivity index (χ2n) is 7.40. The van der Waals surface area contributed by atoms with Crippen molar-refractivity contribution < 1.29 is 17.9 Å². The van der Waals surface area contributed by atoms with Gasteiger partial charge in [0, 0.05) is 24.0 Å². The summed E-state index contributed by atoms with van der Waals surface area (Å²) in [6.07, 6.45) is 1.81. The molecule has 3 aromatic rings. The van der Waals surface area contributed by atoms with E-state index in [0.29, 0.717) is 11.7 Å². The topological polar surface area (TPSA) is 79.3 Å². The molecule has 1 saturated carbocycles. The Kier molecular flexibility index (Phi) is 5.31. The number of nitrogens with one attached hydrogen (secondary N) is 3. The maximum Gasteiger partial charge on any atom is 0.434 e. The number of halogens is 3. The minimum absolute atomic E-state index is 0.169. The van der Waals surface area contributed by atoms with E-state index in [1.807, 2.05) is 0 Å². The van der Waals surface area contributed by atoms with Crippen LogP contribution in [0.5, 0.6) is 5.88 Å². The van der Waals surface area contributed by atoms with E-state index in [2.05, 4.69) is 32.4 Å². The number of pyridine rings is 1. The van der Waals surface area contributed by atoms with Gasteiger partial charge in [0.2, 0.25) is 5.88 Å². The molecular formula is C20H23F3N6O. The lowest BCUT2D eigenvalue weighted by Crippen LogP contribution is -2.36. The molecule has 0 bridgehead atoms. The van der Waals surface area contributed by atoms with Gasteiger partial charge in [0.05, 0.1) is 18.9 Å². The smallest absolute Gasteiger partial charge is 0.434 e. The molecule has 3 heterocycles. The third-order valence-electron chi connectivity index (χ3n) is 5.37. The van der Waals surface area contributed by atoms with E-state index >= 15 is 0 Å². The fourth-order valence-electron chi connectivity index (χ4n) is 3.83. The molecule has 1 aliphatic rings. The van der Waals surface area contributed by atoms with Gasteiger partial charge in [0.1, 0.15) is 11.5 Å². The first-order valence-electron chi connectivity index (χ1n) is 9.70. The van der Waals surface area contributed by atoms with Gasteiger partial charge in [0.15, 0.2) is 5.69 Å². The van der Waals surface area contributed by atoms with Gasteiger partial charge in [-0.25, -0.2) is 10.1 Å². The Bertz CT molecular complexity index is 1030. The number of nitrogens with zero attached hydrogens (tertiary/aromatic N) is 3. The molecule has 4 rings (SSSR count). The van der Waals surface area contributed by atoms with Gasteiger partial charge < -0.3 is 15.4 Å². The zero-order valence-electron chi connectivity index (χ0n) is 16.5. The zero-order valence-corrected chi connectivity index (χ0v) is 16.5. The second-order valence-corrected chi connectivity index (χ2v) is 7.40. The zero-order chi connectivity index (χ0) is 21.3. The number of aromatic nitrogens is 4. The second kappa shape index (κ2) is 7.92. The predicted octanol–water partition coefficient (Wildman–Crippen LogP) is 4.07. The van der Waals surface area contributed by atoms with Crippen LogP contribution in [0.4, 0.5) is 19.0 Å². The maximum atomic E-state index is 13.0. The third-order valence-corrected chi connectivity index (χ3v) is 5.37.